The zero-order chi connectivity index (χ0) is 13.7. The number of ether oxygens (including phenoxy) is 2. The van der Waals surface area contributed by atoms with Crippen molar-refractivity contribution in [3.63, 3.8) is 0 Å². The minimum absolute atomic E-state index is 0.121. The van der Waals surface area contributed by atoms with Gasteiger partial charge in [-0.25, -0.2) is 0 Å². The van der Waals surface area contributed by atoms with Crippen molar-refractivity contribution in [3.05, 3.63) is 0 Å². The predicted octanol–water partition coefficient (Wildman–Crippen LogP) is 1.35. The molecule has 5 heteroatoms. The van der Waals surface area contributed by atoms with Crippen LogP contribution in [0.5, 0.6) is 0 Å². The van der Waals surface area contributed by atoms with E-state index in [0.29, 0.717) is 6.04 Å². The molecule has 1 unspecified atom stereocenters. The first kappa shape index (κ1) is 15.1. The molecule has 3 rings (SSSR count). The normalized spacial score (nSPS) is 31.5. The topological polar surface area (TPSA) is 33.7 Å². The molecule has 0 aromatic heterocycles. The standard InChI is InChI=1S/C15H28N2O2S/c1-8-19-15(2-9-18-10-3-15)13-14(1)16-4-5-17-6-11-20-12-7-17/h14,16H,1-13H2. The van der Waals surface area contributed by atoms with E-state index in [0.717, 1.165) is 39.2 Å². The van der Waals surface area contributed by atoms with Crippen molar-refractivity contribution in [1.29, 1.82) is 0 Å². The molecule has 3 heterocycles. The van der Waals surface area contributed by atoms with Gasteiger partial charge in [0.2, 0.25) is 0 Å². The van der Waals surface area contributed by atoms with Gasteiger partial charge < -0.3 is 19.7 Å². The zero-order valence-corrected chi connectivity index (χ0v) is 13.3. The highest BCUT2D eigenvalue weighted by atomic mass is 32.2. The summed E-state index contributed by atoms with van der Waals surface area (Å²) < 4.78 is 11.6. The van der Waals surface area contributed by atoms with Crippen LogP contribution in [0.4, 0.5) is 0 Å². The van der Waals surface area contributed by atoms with Crippen molar-refractivity contribution in [2.75, 3.05) is 57.5 Å². The van der Waals surface area contributed by atoms with Crippen LogP contribution in [0.25, 0.3) is 0 Å². The minimum atomic E-state index is 0.121. The third kappa shape index (κ3) is 4.10. The lowest BCUT2D eigenvalue weighted by Crippen LogP contribution is -2.51. The summed E-state index contributed by atoms with van der Waals surface area (Å²) in [6.45, 7) is 7.52. The lowest BCUT2D eigenvalue weighted by Gasteiger charge is -2.43. The van der Waals surface area contributed by atoms with Gasteiger partial charge in [-0.05, 0) is 25.7 Å². The van der Waals surface area contributed by atoms with Crippen molar-refractivity contribution in [1.82, 2.24) is 10.2 Å². The van der Waals surface area contributed by atoms with Gasteiger partial charge in [0.25, 0.3) is 0 Å². The van der Waals surface area contributed by atoms with Crippen molar-refractivity contribution >= 4 is 11.8 Å². The van der Waals surface area contributed by atoms with Crippen LogP contribution in [-0.4, -0.2) is 74.0 Å². The summed E-state index contributed by atoms with van der Waals surface area (Å²) in [6, 6.07) is 0.640. The summed E-state index contributed by atoms with van der Waals surface area (Å²) in [7, 11) is 0. The van der Waals surface area contributed by atoms with Gasteiger partial charge in [-0.1, -0.05) is 0 Å². The molecule has 3 aliphatic heterocycles. The van der Waals surface area contributed by atoms with Crippen LogP contribution in [0.3, 0.4) is 0 Å². The van der Waals surface area contributed by atoms with Gasteiger partial charge in [-0.15, -0.1) is 0 Å². The average molecular weight is 300 g/mol. The van der Waals surface area contributed by atoms with Crippen LogP contribution in [0, 0.1) is 0 Å². The molecule has 0 radical (unpaired) electrons. The van der Waals surface area contributed by atoms with Gasteiger partial charge >= 0.3 is 0 Å². The molecule has 0 bridgehead atoms. The van der Waals surface area contributed by atoms with E-state index in [-0.39, 0.29) is 5.60 Å². The highest BCUT2D eigenvalue weighted by molar-refractivity contribution is 7.99. The molecule has 0 aromatic carbocycles. The molecule has 1 spiro atoms. The van der Waals surface area contributed by atoms with Crippen LogP contribution in [0.15, 0.2) is 0 Å². The van der Waals surface area contributed by atoms with E-state index in [9.17, 15) is 0 Å². The van der Waals surface area contributed by atoms with Gasteiger partial charge in [-0.2, -0.15) is 11.8 Å². The van der Waals surface area contributed by atoms with Crippen LogP contribution in [0.2, 0.25) is 0 Å². The minimum Gasteiger partial charge on any atom is -0.381 e. The lowest BCUT2D eigenvalue weighted by atomic mass is 9.84. The fourth-order valence-corrected chi connectivity index (χ4v) is 4.52. The van der Waals surface area contributed by atoms with E-state index >= 15 is 0 Å². The Labute approximate surface area is 126 Å². The number of hydrogen-bond donors (Lipinski definition) is 1. The maximum atomic E-state index is 6.10. The quantitative estimate of drug-likeness (QED) is 0.848. The molecule has 0 amide bonds. The molecule has 0 aliphatic carbocycles. The molecule has 20 heavy (non-hydrogen) atoms. The Morgan fingerprint density at radius 3 is 2.75 bits per heavy atom. The highest BCUT2D eigenvalue weighted by Gasteiger charge is 2.38. The number of nitrogens with zero attached hydrogens (tertiary/aromatic N) is 1. The zero-order valence-electron chi connectivity index (χ0n) is 12.4. The summed E-state index contributed by atoms with van der Waals surface area (Å²) in [4.78, 5) is 2.59. The van der Waals surface area contributed by atoms with Crippen LogP contribution < -0.4 is 5.32 Å². The molecule has 116 valence electrons. The Morgan fingerprint density at radius 2 is 1.95 bits per heavy atom. The Bertz CT molecular complexity index is 286. The van der Waals surface area contributed by atoms with Crippen LogP contribution in [0.1, 0.15) is 25.7 Å². The molecule has 3 saturated heterocycles. The number of hydrogen-bond acceptors (Lipinski definition) is 5. The fourth-order valence-electron chi connectivity index (χ4n) is 3.55. The summed E-state index contributed by atoms with van der Waals surface area (Å²) in [5.74, 6) is 2.61. The smallest absolute Gasteiger partial charge is 0.0741 e. The van der Waals surface area contributed by atoms with Crippen molar-refractivity contribution in [2.24, 2.45) is 0 Å². The second-order valence-corrected chi connectivity index (χ2v) is 7.47. The lowest BCUT2D eigenvalue weighted by molar-refractivity contribution is -0.140. The molecular weight excluding hydrogens is 272 g/mol. The van der Waals surface area contributed by atoms with Crippen molar-refractivity contribution < 1.29 is 9.47 Å². The molecule has 3 fully saturated rings. The summed E-state index contributed by atoms with van der Waals surface area (Å²) >= 11 is 2.08. The largest absolute Gasteiger partial charge is 0.381 e. The Balaban J connectivity index is 1.38. The molecule has 1 N–H and O–H groups in total. The monoisotopic (exact) mass is 300 g/mol. The van der Waals surface area contributed by atoms with Crippen LogP contribution in [-0.2, 0) is 9.47 Å². The maximum Gasteiger partial charge on any atom is 0.0741 e. The van der Waals surface area contributed by atoms with Gasteiger partial charge in [0.15, 0.2) is 0 Å². The van der Waals surface area contributed by atoms with Crippen molar-refractivity contribution in [2.45, 2.75) is 37.3 Å². The van der Waals surface area contributed by atoms with E-state index in [1.807, 2.05) is 0 Å². The van der Waals surface area contributed by atoms with Gasteiger partial charge in [0, 0.05) is 63.5 Å². The van der Waals surface area contributed by atoms with E-state index < -0.39 is 0 Å². The third-order valence-electron chi connectivity index (χ3n) is 4.86. The number of nitrogens with one attached hydrogen (secondary N) is 1. The maximum absolute atomic E-state index is 6.10. The fraction of sp³-hybridized carbons (Fsp3) is 1.00. The highest BCUT2D eigenvalue weighted by Crippen LogP contribution is 2.34. The predicted molar refractivity (Wildman–Crippen MR) is 83.5 cm³/mol. The molecule has 3 aliphatic rings. The number of rotatable bonds is 4. The van der Waals surface area contributed by atoms with E-state index in [1.165, 1.54) is 44.0 Å². The second-order valence-electron chi connectivity index (χ2n) is 6.24. The summed E-state index contributed by atoms with van der Waals surface area (Å²) in [5, 5.41) is 3.77. The SMILES string of the molecule is C(CN1CCSCC1)NC1CCOC2(CCOCC2)C1. The first-order valence-electron chi connectivity index (χ1n) is 8.12. The molecular formula is C15H28N2O2S. The van der Waals surface area contributed by atoms with Gasteiger partial charge in [0.05, 0.1) is 5.60 Å². The summed E-state index contributed by atoms with van der Waals surface area (Å²) in [6.07, 6.45) is 4.49. The number of thioether (sulfide) groups is 1. The molecule has 4 nitrogen and oxygen atoms in total. The molecule has 0 aromatic rings. The van der Waals surface area contributed by atoms with E-state index in [4.69, 9.17) is 9.47 Å². The van der Waals surface area contributed by atoms with Crippen LogP contribution >= 0.6 is 11.8 Å². The first-order chi connectivity index (χ1) is 9.86. The summed E-state index contributed by atoms with van der Waals surface area (Å²) in [5.41, 5.74) is 0.121. The average Bonchev–Trinajstić information content (AvgIpc) is 2.49. The van der Waals surface area contributed by atoms with E-state index in [2.05, 4.69) is 22.0 Å². The Morgan fingerprint density at radius 1 is 1.15 bits per heavy atom. The molecule has 1 atom stereocenters. The van der Waals surface area contributed by atoms with Gasteiger partial charge in [0.1, 0.15) is 0 Å². The Hall–Kier alpha value is 0.190. The second kappa shape index (κ2) is 7.45. The molecule has 0 saturated carbocycles. The van der Waals surface area contributed by atoms with Gasteiger partial charge in [-0.3, -0.25) is 0 Å². The Kier molecular flexibility index (Phi) is 5.63. The third-order valence-corrected chi connectivity index (χ3v) is 5.80. The van der Waals surface area contributed by atoms with Crippen molar-refractivity contribution in [3.8, 4) is 0 Å². The van der Waals surface area contributed by atoms with E-state index in [1.54, 1.807) is 0 Å². The first-order valence-corrected chi connectivity index (χ1v) is 9.27.